The molecule has 11 heavy (non-hydrogen) atoms. The molecule has 0 fully saturated rings. The Hall–Kier alpha value is 0.350. The van der Waals surface area contributed by atoms with E-state index >= 15 is 0 Å². The molecule has 0 heterocycles. The van der Waals surface area contributed by atoms with Gasteiger partial charge in [0.25, 0.3) is 0 Å². The van der Waals surface area contributed by atoms with Crippen LogP contribution in [0.15, 0.2) is 0 Å². The molecule has 0 aromatic heterocycles. The molecule has 0 N–H and O–H groups in total. The van der Waals surface area contributed by atoms with Crippen molar-refractivity contribution in [3.8, 4) is 0 Å². The molecule has 0 aliphatic rings. The fourth-order valence-corrected chi connectivity index (χ4v) is 2.74. The first-order valence-corrected chi connectivity index (χ1v) is 6.76. The zero-order valence-electron chi connectivity index (χ0n) is 8.10. The van der Waals surface area contributed by atoms with Crippen molar-refractivity contribution in [2.24, 2.45) is 0 Å². The summed E-state index contributed by atoms with van der Waals surface area (Å²) < 4.78 is 0. The van der Waals surface area contributed by atoms with Crippen LogP contribution in [0.1, 0.15) is 46.0 Å². The molecule has 0 bridgehead atoms. The second-order valence-electron chi connectivity index (χ2n) is 3.18. The monoisotopic (exact) mass is 175 g/mol. The predicted molar refractivity (Wildman–Crippen MR) is 58.5 cm³/mol. The SMILES string of the molecule is [CH2][SH](CCCC)CCCCC. The van der Waals surface area contributed by atoms with Crippen LogP contribution in [0.25, 0.3) is 0 Å². The van der Waals surface area contributed by atoms with E-state index in [-0.39, 0.29) is 10.9 Å². The first-order chi connectivity index (χ1) is 5.31. The minimum absolute atomic E-state index is 0.152. The molecule has 0 rings (SSSR count). The maximum absolute atomic E-state index is 4.21. The van der Waals surface area contributed by atoms with Gasteiger partial charge < -0.3 is 0 Å². The zero-order chi connectivity index (χ0) is 8.53. The summed E-state index contributed by atoms with van der Waals surface area (Å²) in [6.45, 7) is 4.52. The smallest absolute Gasteiger partial charge is 0.0178 e. The highest BCUT2D eigenvalue weighted by atomic mass is 32.2. The van der Waals surface area contributed by atoms with Gasteiger partial charge in [-0.2, -0.15) is 0 Å². The van der Waals surface area contributed by atoms with Gasteiger partial charge in [0.15, 0.2) is 0 Å². The first-order valence-electron chi connectivity index (χ1n) is 4.86. The maximum Gasteiger partial charge on any atom is -0.0178 e. The predicted octanol–water partition coefficient (Wildman–Crippen LogP) is 3.77. The van der Waals surface area contributed by atoms with Gasteiger partial charge in [-0.25, -0.2) is 0 Å². The van der Waals surface area contributed by atoms with Gasteiger partial charge in [-0.15, -0.1) is 0 Å². The van der Waals surface area contributed by atoms with Crippen LogP contribution >= 0.6 is 10.9 Å². The molecule has 0 aromatic carbocycles. The van der Waals surface area contributed by atoms with E-state index in [4.69, 9.17) is 0 Å². The Balaban J connectivity index is 3.02. The Morgan fingerprint density at radius 3 is 2.00 bits per heavy atom. The lowest BCUT2D eigenvalue weighted by Crippen LogP contribution is -1.91. The van der Waals surface area contributed by atoms with Crippen molar-refractivity contribution >= 4 is 10.9 Å². The Kier molecular flexibility index (Phi) is 8.72. The van der Waals surface area contributed by atoms with Crippen LogP contribution in [0.2, 0.25) is 0 Å². The maximum atomic E-state index is 4.21. The Morgan fingerprint density at radius 1 is 0.909 bits per heavy atom. The lowest BCUT2D eigenvalue weighted by atomic mass is 10.3. The highest BCUT2D eigenvalue weighted by Crippen LogP contribution is 2.25. The van der Waals surface area contributed by atoms with Gasteiger partial charge in [-0.3, -0.25) is 10.9 Å². The molecular weight excluding hydrogens is 152 g/mol. The molecule has 1 atom stereocenters. The van der Waals surface area contributed by atoms with E-state index in [0.717, 1.165) is 0 Å². The molecule has 69 valence electrons. The van der Waals surface area contributed by atoms with Crippen molar-refractivity contribution in [3.63, 3.8) is 0 Å². The summed E-state index contributed by atoms with van der Waals surface area (Å²) in [6.07, 6.45) is 11.1. The summed E-state index contributed by atoms with van der Waals surface area (Å²) >= 11 is 0. The van der Waals surface area contributed by atoms with Crippen molar-refractivity contribution in [1.82, 2.24) is 0 Å². The summed E-state index contributed by atoms with van der Waals surface area (Å²) in [7, 11) is 0.152. The molecular formula is C10H23S. The second kappa shape index (κ2) is 8.45. The minimum Gasteiger partial charge on any atom is -0.253 e. The highest BCUT2D eigenvalue weighted by molar-refractivity contribution is 8.18. The van der Waals surface area contributed by atoms with E-state index < -0.39 is 0 Å². The molecule has 0 aliphatic heterocycles. The molecule has 0 nitrogen and oxygen atoms in total. The van der Waals surface area contributed by atoms with Gasteiger partial charge in [0.05, 0.1) is 0 Å². The van der Waals surface area contributed by atoms with E-state index in [1.54, 1.807) is 0 Å². The quantitative estimate of drug-likeness (QED) is 0.442. The molecule has 0 spiro atoms. The molecule has 1 heteroatoms. The zero-order valence-corrected chi connectivity index (χ0v) is 9.00. The minimum atomic E-state index is 0.152. The lowest BCUT2D eigenvalue weighted by molar-refractivity contribution is 0.776. The van der Waals surface area contributed by atoms with E-state index in [2.05, 4.69) is 20.1 Å². The van der Waals surface area contributed by atoms with Crippen LogP contribution in [0.5, 0.6) is 0 Å². The molecule has 1 radical (unpaired) electrons. The van der Waals surface area contributed by atoms with Crippen molar-refractivity contribution in [1.29, 1.82) is 0 Å². The van der Waals surface area contributed by atoms with Crippen LogP contribution in [-0.2, 0) is 0 Å². The summed E-state index contributed by atoms with van der Waals surface area (Å²) in [6, 6.07) is 0. The van der Waals surface area contributed by atoms with E-state index in [0.29, 0.717) is 0 Å². The number of hydrogen-bond donors (Lipinski definition) is 1. The molecule has 0 saturated heterocycles. The van der Waals surface area contributed by atoms with Crippen molar-refractivity contribution < 1.29 is 0 Å². The van der Waals surface area contributed by atoms with Crippen LogP contribution in [-0.4, -0.2) is 11.5 Å². The molecule has 0 aromatic rings. The average molecular weight is 175 g/mol. The largest absolute Gasteiger partial charge is 0.253 e. The number of rotatable bonds is 7. The molecule has 1 unspecified atom stereocenters. The van der Waals surface area contributed by atoms with Crippen molar-refractivity contribution in [2.75, 3.05) is 11.5 Å². The third-order valence-electron chi connectivity index (χ3n) is 1.91. The van der Waals surface area contributed by atoms with Gasteiger partial charge in [0, 0.05) is 0 Å². The second-order valence-corrected chi connectivity index (χ2v) is 5.41. The van der Waals surface area contributed by atoms with Gasteiger partial charge >= 0.3 is 0 Å². The Bertz CT molecular complexity index is 71.3. The lowest BCUT2D eigenvalue weighted by Gasteiger charge is -2.14. The number of thiol groups is 1. The summed E-state index contributed by atoms with van der Waals surface area (Å²) in [5.41, 5.74) is 0. The van der Waals surface area contributed by atoms with E-state index in [1.165, 1.54) is 43.6 Å². The van der Waals surface area contributed by atoms with Crippen molar-refractivity contribution in [2.45, 2.75) is 46.0 Å². The summed E-state index contributed by atoms with van der Waals surface area (Å²) in [5, 5.41) is 0. The number of unbranched alkanes of at least 4 members (excludes halogenated alkanes) is 3. The van der Waals surface area contributed by atoms with Gasteiger partial charge in [-0.1, -0.05) is 33.1 Å². The Labute approximate surface area is 75.1 Å². The standard InChI is InChI=1S/C10H23S/c1-4-6-8-10-11(3)9-7-5-2/h11H,3-10H2,1-2H3. The highest BCUT2D eigenvalue weighted by Gasteiger charge is 1.95. The van der Waals surface area contributed by atoms with Gasteiger partial charge in [-0.05, 0) is 30.6 Å². The topological polar surface area (TPSA) is 0 Å². The van der Waals surface area contributed by atoms with Crippen LogP contribution in [0.3, 0.4) is 0 Å². The number of hydrogen-bond acceptors (Lipinski definition) is 0. The van der Waals surface area contributed by atoms with Gasteiger partial charge in [0.1, 0.15) is 0 Å². The van der Waals surface area contributed by atoms with Crippen LogP contribution in [0, 0.1) is 6.26 Å². The van der Waals surface area contributed by atoms with Crippen molar-refractivity contribution in [3.05, 3.63) is 6.26 Å². The van der Waals surface area contributed by atoms with Crippen LogP contribution in [0.4, 0.5) is 0 Å². The third kappa shape index (κ3) is 8.25. The molecule has 0 amide bonds. The molecule has 0 saturated carbocycles. The fraction of sp³-hybridized carbons (Fsp3) is 0.900. The average Bonchev–Trinajstić information content (AvgIpc) is 2.01. The normalized spacial score (nSPS) is 15.0. The van der Waals surface area contributed by atoms with E-state index in [9.17, 15) is 0 Å². The van der Waals surface area contributed by atoms with Crippen LogP contribution < -0.4 is 0 Å². The Morgan fingerprint density at radius 2 is 1.45 bits per heavy atom. The first kappa shape index (κ1) is 11.4. The van der Waals surface area contributed by atoms with Gasteiger partial charge in [0.2, 0.25) is 0 Å². The molecule has 0 aliphatic carbocycles. The summed E-state index contributed by atoms with van der Waals surface area (Å²) in [4.78, 5) is 0. The van der Waals surface area contributed by atoms with E-state index in [1.807, 2.05) is 0 Å². The summed E-state index contributed by atoms with van der Waals surface area (Å²) in [5.74, 6) is 2.80. The fourth-order valence-electron chi connectivity index (χ4n) is 1.08. The third-order valence-corrected chi connectivity index (χ3v) is 3.80.